The summed E-state index contributed by atoms with van der Waals surface area (Å²) in [7, 11) is -2.57. The zero-order valence-corrected chi connectivity index (χ0v) is 14.9. The fourth-order valence-corrected chi connectivity index (χ4v) is 7.65. The molecule has 0 bridgehead atoms. The van der Waals surface area contributed by atoms with Gasteiger partial charge in [0, 0.05) is 0 Å². The molecule has 0 aliphatic rings. The standard InChI is InChI=1S/C14H35N2OP/c1-10-18(17,15(11(2)3)12(4)5)16(13(6)7)14(8)9/h11-14,17-18H,10H2,1-9H3. The van der Waals surface area contributed by atoms with Crippen LogP contribution in [0.5, 0.6) is 0 Å². The van der Waals surface area contributed by atoms with Gasteiger partial charge in [0.25, 0.3) is 0 Å². The van der Waals surface area contributed by atoms with Gasteiger partial charge in [-0.15, -0.1) is 0 Å². The molecule has 1 N–H and O–H groups in total. The Labute approximate surface area is 115 Å². The zero-order valence-electron chi connectivity index (χ0n) is 13.9. The summed E-state index contributed by atoms with van der Waals surface area (Å²) in [6.07, 6.45) is 0.847. The van der Waals surface area contributed by atoms with Crippen LogP contribution in [0, 0.1) is 0 Å². The van der Waals surface area contributed by atoms with Crippen LogP contribution in [0.15, 0.2) is 0 Å². The Bertz CT molecular complexity index is 206. The Balaban J connectivity index is 5.53. The minimum atomic E-state index is -2.57. The van der Waals surface area contributed by atoms with Gasteiger partial charge in [-0.3, -0.25) is 0 Å². The first-order chi connectivity index (χ1) is 8.09. The van der Waals surface area contributed by atoms with Crippen molar-refractivity contribution < 1.29 is 4.89 Å². The van der Waals surface area contributed by atoms with Crippen molar-refractivity contribution in [2.75, 3.05) is 6.16 Å². The van der Waals surface area contributed by atoms with Crippen molar-refractivity contribution in [3.8, 4) is 0 Å². The Morgan fingerprint density at radius 2 is 0.944 bits per heavy atom. The molecule has 0 aromatic carbocycles. The van der Waals surface area contributed by atoms with Crippen molar-refractivity contribution in [3.63, 3.8) is 0 Å². The quantitative estimate of drug-likeness (QED) is 0.719. The molecule has 18 heavy (non-hydrogen) atoms. The Morgan fingerprint density at radius 3 is 1.06 bits per heavy atom. The Hall–Kier alpha value is 0.310. The van der Waals surface area contributed by atoms with E-state index in [-0.39, 0.29) is 0 Å². The van der Waals surface area contributed by atoms with Gasteiger partial charge in [0.15, 0.2) is 0 Å². The summed E-state index contributed by atoms with van der Waals surface area (Å²) in [5.74, 6) is 0. The molecule has 0 heterocycles. The second kappa shape index (κ2) is 7.19. The van der Waals surface area contributed by atoms with E-state index in [9.17, 15) is 4.89 Å². The molecular weight excluding hydrogens is 243 g/mol. The number of nitrogens with zero attached hydrogens (tertiary/aromatic N) is 2. The third-order valence-corrected chi connectivity index (χ3v) is 8.20. The molecule has 0 aromatic rings. The van der Waals surface area contributed by atoms with E-state index < -0.39 is 7.79 Å². The summed E-state index contributed by atoms with van der Waals surface area (Å²) in [5.41, 5.74) is 0. The second-order valence-corrected chi connectivity index (χ2v) is 9.61. The van der Waals surface area contributed by atoms with Crippen LogP contribution in [0.4, 0.5) is 0 Å². The Kier molecular flexibility index (Phi) is 7.31. The van der Waals surface area contributed by atoms with E-state index in [1.165, 1.54) is 0 Å². The minimum absolute atomic E-state index is 0.376. The van der Waals surface area contributed by atoms with Crippen molar-refractivity contribution in [1.29, 1.82) is 0 Å². The van der Waals surface area contributed by atoms with Gasteiger partial charge in [-0.1, -0.05) is 0 Å². The van der Waals surface area contributed by atoms with Crippen LogP contribution in [0.25, 0.3) is 0 Å². The van der Waals surface area contributed by atoms with Crippen molar-refractivity contribution in [2.45, 2.75) is 86.5 Å². The van der Waals surface area contributed by atoms with Gasteiger partial charge in [0.2, 0.25) is 0 Å². The first-order valence-corrected chi connectivity index (χ1v) is 9.43. The summed E-state index contributed by atoms with van der Waals surface area (Å²) < 4.78 is 4.71. The fourth-order valence-electron chi connectivity index (χ4n) is 3.35. The summed E-state index contributed by atoms with van der Waals surface area (Å²) >= 11 is 0. The van der Waals surface area contributed by atoms with Gasteiger partial charge < -0.3 is 0 Å². The summed E-state index contributed by atoms with van der Waals surface area (Å²) in [4.78, 5) is 11.4. The molecule has 0 fully saturated rings. The maximum absolute atomic E-state index is 11.4. The first-order valence-electron chi connectivity index (χ1n) is 7.38. The molecule has 0 amide bonds. The third kappa shape index (κ3) is 3.90. The van der Waals surface area contributed by atoms with E-state index in [2.05, 4.69) is 71.7 Å². The summed E-state index contributed by atoms with van der Waals surface area (Å²) in [6, 6.07) is 1.51. The topological polar surface area (TPSA) is 26.7 Å². The molecule has 0 atom stereocenters. The average Bonchev–Trinajstić information content (AvgIpc) is 2.14. The summed E-state index contributed by atoms with van der Waals surface area (Å²) in [5, 5.41) is 0. The van der Waals surface area contributed by atoms with Crippen LogP contribution in [0.3, 0.4) is 0 Å². The van der Waals surface area contributed by atoms with Crippen molar-refractivity contribution in [3.05, 3.63) is 0 Å². The fraction of sp³-hybridized carbons (Fsp3) is 1.00. The van der Waals surface area contributed by atoms with Crippen molar-refractivity contribution in [2.24, 2.45) is 0 Å². The number of hydrogen-bond donors (Lipinski definition) is 1. The van der Waals surface area contributed by atoms with Gasteiger partial charge in [0.1, 0.15) is 0 Å². The summed E-state index contributed by atoms with van der Waals surface area (Å²) in [6.45, 7) is 19.6. The maximum atomic E-state index is 11.4. The van der Waals surface area contributed by atoms with E-state index in [0.717, 1.165) is 6.16 Å². The third-order valence-electron chi connectivity index (χ3n) is 3.53. The van der Waals surface area contributed by atoms with Crippen LogP contribution in [-0.4, -0.2) is 44.6 Å². The molecule has 112 valence electrons. The van der Waals surface area contributed by atoms with Gasteiger partial charge in [0.05, 0.1) is 0 Å². The number of rotatable bonds is 7. The molecule has 0 aliphatic heterocycles. The molecule has 0 radical (unpaired) electrons. The van der Waals surface area contributed by atoms with E-state index in [1.807, 2.05) is 0 Å². The predicted molar refractivity (Wildman–Crippen MR) is 85.3 cm³/mol. The normalized spacial score (nSPS) is 14.9. The Morgan fingerprint density at radius 1 is 0.722 bits per heavy atom. The molecule has 0 aliphatic carbocycles. The molecule has 0 unspecified atom stereocenters. The van der Waals surface area contributed by atoms with E-state index in [1.54, 1.807) is 0 Å². The zero-order chi connectivity index (χ0) is 14.7. The molecule has 3 nitrogen and oxygen atoms in total. The van der Waals surface area contributed by atoms with Crippen LogP contribution >= 0.6 is 7.79 Å². The van der Waals surface area contributed by atoms with Gasteiger partial charge >= 0.3 is 115 Å². The second-order valence-electron chi connectivity index (χ2n) is 6.32. The molecular formula is C14H35N2OP. The number of hydrogen-bond acceptors (Lipinski definition) is 3. The van der Waals surface area contributed by atoms with Crippen LogP contribution in [0.1, 0.15) is 62.3 Å². The monoisotopic (exact) mass is 278 g/mol. The van der Waals surface area contributed by atoms with Crippen molar-refractivity contribution >= 4 is 7.79 Å². The van der Waals surface area contributed by atoms with E-state index >= 15 is 0 Å². The van der Waals surface area contributed by atoms with E-state index in [0.29, 0.717) is 24.2 Å². The SMILES string of the molecule is CC[PH](O)(N(C(C)C)C(C)C)N(C(C)C)C(C)C. The molecule has 0 rings (SSSR count). The van der Waals surface area contributed by atoms with Gasteiger partial charge in [-0.25, -0.2) is 0 Å². The molecule has 0 saturated carbocycles. The molecule has 0 aromatic heterocycles. The van der Waals surface area contributed by atoms with Crippen molar-refractivity contribution in [1.82, 2.24) is 9.34 Å². The molecule has 0 spiro atoms. The molecule has 0 saturated heterocycles. The predicted octanol–water partition coefficient (Wildman–Crippen LogP) is 3.73. The van der Waals surface area contributed by atoms with E-state index in [4.69, 9.17) is 0 Å². The van der Waals surface area contributed by atoms with Crippen LogP contribution < -0.4 is 0 Å². The van der Waals surface area contributed by atoms with Crippen LogP contribution in [-0.2, 0) is 0 Å². The van der Waals surface area contributed by atoms with Gasteiger partial charge in [-0.05, 0) is 0 Å². The average molecular weight is 278 g/mol. The van der Waals surface area contributed by atoms with Crippen LogP contribution in [0.2, 0.25) is 0 Å². The van der Waals surface area contributed by atoms with Gasteiger partial charge in [-0.2, -0.15) is 0 Å². The molecule has 4 heteroatoms. The first kappa shape index (κ1) is 18.3.